The summed E-state index contributed by atoms with van der Waals surface area (Å²) in [7, 11) is 2.18. The van der Waals surface area contributed by atoms with Crippen LogP contribution in [0.3, 0.4) is 0 Å². The van der Waals surface area contributed by atoms with Crippen molar-refractivity contribution < 1.29 is 0 Å². The Kier molecular flexibility index (Phi) is 2.77. The van der Waals surface area contributed by atoms with Gasteiger partial charge in [-0.2, -0.15) is 0 Å². The summed E-state index contributed by atoms with van der Waals surface area (Å²) in [6, 6.07) is 0.478. The van der Waals surface area contributed by atoms with Gasteiger partial charge in [-0.05, 0) is 20.0 Å². The average Bonchev–Trinajstić information content (AvgIpc) is 2.21. The Morgan fingerprint density at radius 3 is 2.57 bits per heavy atom. The number of piperazine rings is 1. The Morgan fingerprint density at radius 2 is 2.00 bits per heavy atom. The van der Waals surface area contributed by atoms with Crippen LogP contribution in [0.25, 0.3) is 0 Å². The maximum Gasteiger partial charge on any atom is 0.0524 e. The summed E-state index contributed by atoms with van der Waals surface area (Å²) in [6.07, 6.45) is 6.58. The van der Waals surface area contributed by atoms with Crippen LogP contribution < -0.4 is 5.32 Å². The molecule has 3 nitrogen and oxygen atoms in total. The third kappa shape index (κ3) is 2.10. The summed E-state index contributed by atoms with van der Waals surface area (Å²) in [4.78, 5) is 4.81. The molecule has 3 heteroatoms. The molecule has 0 aromatic carbocycles. The van der Waals surface area contributed by atoms with Crippen LogP contribution in [-0.4, -0.2) is 49.1 Å². The number of nitrogens with one attached hydrogen (secondary N) is 1. The summed E-state index contributed by atoms with van der Waals surface area (Å²) in [6.45, 7) is 6.78. The highest BCUT2D eigenvalue weighted by molar-refractivity contribution is 5.23. The molecule has 2 heterocycles. The minimum Gasteiger partial charge on any atom is -0.383 e. The summed E-state index contributed by atoms with van der Waals surface area (Å²) < 4.78 is 0. The molecule has 1 atom stereocenters. The molecular formula is C11H19N3. The number of hydrogen-bond donors (Lipinski definition) is 1. The van der Waals surface area contributed by atoms with E-state index in [4.69, 9.17) is 0 Å². The molecule has 0 aromatic rings. The molecule has 1 fully saturated rings. The number of rotatable bonds is 1. The van der Waals surface area contributed by atoms with Gasteiger partial charge in [0.15, 0.2) is 0 Å². The first-order valence-corrected chi connectivity index (χ1v) is 5.33. The largest absolute Gasteiger partial charge is 0.383 e. The van der Waals surface area contributed by atoms with E-state index >= 15 is 0 Å². The third-order valence-electron chi connectivity index (χ3n) is 2.92. The summed E-state index contributed by atoms with van der Waals surface area (Å²) >= 11 is 0. The normalized spacial score (nSPS) is 28.6. The van der Waals surface area contributed by atoms with Gasteiger partial charge in [0.1, 0.15) is 0 Å². The van der Waals surface area contributed by atoms with Crippen LogP contribution in [0, 0.1) is 0 Å². The molecule has 0 aliphatic carbocycles. The van der Waals surface area contributed by atoms with Crippen LogP contribution in [0.5, 0.6) is 0 Å². The number of hydrogen-bond acceptors (Lipinski definition) is 3. The summed E-state index contributed by atoms with van der Waals surface area (Å²) in [5.74, 6) is 0. The maximum atomic E-state index is 3.34. The van der Waals surface area contributed by atoms with E-state index in [1.807, 2.05) is 0 Å². The van der Waals surface area contributed by atoms with E-state index < -0.39 is 0 Å². The van der Waals surface area contributed by atoms with Crippen molar-refractivity contribution in [2.24, 2.45) is 0 Å². The Labute approximate surface area is 86.1 Å². The van der Waals surface area contributed by atoms with E-state index in [0.717, 1.165) is 13.1 Å². The molecule has 1 saturated heterocycles. The number of dihydropyridines is 1. The minimum absolute atomic E-state index is 0.478. The molecule has 0 bridgehead atoms. The van der Waals surface area contributed by atoms with Gasteiger partial charge in [-0.15, -0.1) is 0 Å². The second kappa shape index (κ2) is 4.05. The van der Waals surface area contributed by atoms with Crippen LogP contribution in [0.4, 0.5) is 0 Å². The van der Waals surface area contributed by atoms with Crippen molar-refractivity contribution in [3.05, 3.63) is 24.0 Å². The maximum absolute atomic E-state index is 3.34. The van der Waals surface area contributed by atoms with Gasteiger partial charge >= 0.3 is 0 Å². The van der Waals surface area contributed by atoms with Gasteiger partial charge in [-0.25, -0.2) is 0 Å². The molecule has 0 aromatic heterocycles. The van der Waals surface area contributed by atoms with E-state index in [0.29, 0.717) is 6.04 Å². The van der Waals surface area contributed by atoms with Crippen LogP contribution in [0.15, 0.2) is 24.0 Å². The van der Waals surface area contributed by atoms with Crippen molar-refractivity contribution in [1.82, 2.24) is 15.1 Å². The topological polar surface area (TPSA) is 18.5 Å². The van der Waals surface area contributed by atoms with Gasteiger partial charge in [0, 0.05) is 38.4 Å². The SMILES string of the molecule is CC1C=CC(N2CCN(C)CC2)=CN1. The zero-order valence-corrected chi connectivity index (χ0v) is 9.03. The van der Waals surface area contributed by atoms with Gasteiger partial charge in [-0.1, -0.05) is 6.08 Å². The standard InChI is InChI=1S/C11H19N3/c1-10-3-4-11(9-12-10)14-7-5-13(2)6-8-14/h3-4,9-10,12H,5-8H2,1-2H3. The lowest BCUT2D eigenvalue weighted by molar-refractivity contribution is 0.189. The van der Waals surface area contributed by atoms with E-state index in [1.54, 1.807) is 0 Å². The molecule has 2 aliphatic rings. The molecule has 1 N–H and O–H groups in total. The molecule has 2 rings (SSSR count). The first kappa shape index (κ1) is 9.59. The van der Waals surface area contributed by atoms with Gasteiger partial charge in [0.05, 0.1) is 5.70 Å². The van der Waals surface area contributed by atoms with E-state index in [1.165, 1.54) is 18.8 Å². The fourth-order valence-corrected chi connectivity index (χ4v) is 1.82. The molecule has 14 heavy (non-hydrogen) atoms. The summed E-state index contributed by atoms with van der Waals surface area (Å²) in [5, 5.41) is 3.34. The Hall–Kier alpha value is -0.960. The first-order chi connectivity index (χ1) is 6.75. The van der Waals surface area contributed by atoms with E-state index in [2.05, 4.69) is 47.4 Å². The van der Waals surface area contributed by atoms with Crippen molar-refractivity contribution in [2.45, 2.75) is 13.0 Å². The second-order valence-electron chi connectivity index (χ2n) is 4.17. The Balaban J connectivity index is 1.93. The van der Waals surface area contributed by atoms with Crippen LogP contribution in [0.2, 0.25) is 0 Å². The highest BCUT2D eigenvalue weighted by Crippen LogP contribution is 2.12. The lowest BCUT2D eigenvalue weighted by atomic mass is 10.2. The van der Waals surface area contributed by atoms with Crippen molar-refractivity contribution in [2.75, 3.05) is 33.2 Å². The predicted octanol–water partition coefficient (Wildman–Crippen LogP) is 0.623. The van der Waals surface area contributed by atoms with E-state index in [-0.39, 0.29) is 0 Å². The minimum atomic E-state index is 0.478. The molecular weight excluding hydrogens is 174 g/mol. The lowest BCUT2D eigenvalue weighted by Crippen LogP contribution is -2.44. The average molecular weight is 193 g/mol. The number of nitrogens with zero attached hydrogens (tertiary/aromatic N) is 2. The number of likely N-dealkylation sites (N-methyl/N-ethyl adjacent to an activating group) is 1. The molecule has 78 valence electrons. The Bertz CT molecular complexity index is 249. The lowest BCUT2D eigenvalue weighted by Gasteiger charge is -2.35. The van der Waals surface area contributed by atoms with E-state index in [9.17, 15) is 0 Å². The van der Waals surface area contributed by atoms with Crippen molar-refractivity contribution in [1.29, 1.82) is 0 Å². The van der Waals surface area contributed by atoms with Crippen molar-refractivity contribution in [3.63, 3.8) is 0 Å². The smallest absolute Gasteiger partial charge is 0.0524 e. The summed E-state index contributed by atoms with van der Waals surface area (Å²) in [5.41, 5.74) is 1.33. The fourth-order valence-electron chi connectivity index (χ4n) is 1.82. The molecule has 0 spiro atoms. The molecule has 0 amide bonds. The third-order valence-corrected chi connectivity index (χ3v) is 2.92. The monoisotopic (exact) mass is 193 g/mol. The first-order valence-electron chi connectivity index (χ1n) is 5.33. The zero-order valence-electron chi connectivity index (χ0n) is 9.03. The molecule has 1 unspecified atom stereocenters. The van der Waals surface area contributed by atoms with Crippen LogP contribution in [-0.2, 0) is 0 Å². The van der Waals surface area contributed by atoms with Crippen molar-refractivity contribution in [3.8, 4) is 0 Å². The predicted molar refractivity (Wildman–Crippen MR) is 58.9 cm³/mol. The van der Waals surface area contributed by atoms with Gasteiger partial charge < -0.3 is 15.1 Å². The quantitative estimate of drug-likeness (QED) is 0.659. The van der Waals surface area contributed by atoms with Crippen LogP contribution >= 0.6 is 0 Å². The molecule has 2 aliphatic heterocycles. The highest BCUT2D eigenvalue weighted by Gasteiger charge is 2.16. The molecule has 0 radical (unpaired) electrons. The van der Waals surface area contributed by atoms with Gasteiger partial charge in [-0.3, -0.25) is 0 Å². The molecule has 0 saturated carbocycles. The fraction of sp³-hybridized carbons (Fsp3) is 0.636. The Morgan fingerprint density at radius 1 is 1.29 bits per heavy atom. The van der Waals surface area contributed by atoms with Gasteiger partial charge in [0.2, 0.25) is 0 Å². The van der Waals surface area contributed by atoms with Crippen LogP contribution in [0.1, 0.15) is 6.92 Å². The highest BCUT2D eigenvalue weighted by atomic mass is 15.3. The number of allylic oxidation sites excluding steroid dienone is 1. The second-order valence-corrected chi connectivity index (χ2v) is 4.17. The zero-order chi connectivity index (χ0) is 9.97. The van der Waals surface area contributed by atoms with Gasteiger partial charge in [0.25, 0.3) is 0 Å². The van der Waals surface area contributed by atoms with Crippen molar-refractivity contribution >= 4 is 0 Å².